The van der Waals surface area contributed by atoms with Crippen molar-refractivity contribution in [2.75, 3.05) is 25.6 Å². The van der Waals surface area contributed by atoms with Crippen molar-refractivity contribution in [2.45, 2.75) is 19.9 Å². The largest absolute Gasteiger partial charge is 0.385 e. The Morgan fingerprint density at radius 2 is 2.00 bits per heavy atom. The Kier molecular flexibility index (Phi) is 7.40. The van der Waals surface area contributed by atoms with E-state index in [1.807, 2.05) is 13.0 Å². The van der Waals surface area contributed by atoms with Crippen LogP contribution in [0.1, 0.15) is 23.1 Å². The molecule has 0 aliphatic carbocycles. The molecule has 1 amide bonds. The van der Waals surface area contributed by atoms with Crippen molar-refractivity contribution in [2.24, 2.45) is 0 Å². The van der Waals surface area contributed by atoms with Gasteiger partial charge in [-0.2, -0.15) is 0 Å². The van der Waals surface area contributed by atoms with E-state index < -0.39 is 0 Å². The molecule has 0 spiro atoms. The molecule has 176 valence electrons. The van der Waals surface area contributed by atoms with Crippen LogP contribution >= 0.6 is 24.0 Å². The summed E-state index contributed by atoms with van der Waals surface area (Å²) in [5, 5.41) is 3.21. The van der Waals surface area contributed by atoms with Crippen molar-refractivity contribution in [1.29, 1.82) is 0 Å². The summed E-state index contributed by atoms with van der Waals surface area (Å²) in [5.74, 6) is -0.253. The number of hydrogen-bond donors (Lipinski definition) is 1. The number of carbonyl (C=O) groups excluding carboxylic acids is 1. The van der Waals surface area contributed by atoms with Gasteiger partial charge < -0.3 is 10.1 Å². The van der Waals surface area contributed by atoms with Gasteiger partial charge in [0.15, 0.2) is 0 Å². The number of aryl methyl sites for hydroxylation is 1. The molecular formula is C24H23FN4O3S2. The number of rotatable bonds is 8. The number of nitrogens with one attached hydrogen (secondary N) is 1. The van der Waals surface area contributed by atoms with E-state index >= 15 is 0 Å². The van der Waals surface area contributed by atoms with Crippen molar-refractivity contribution >= 4 is 51.7 Å². The van der Waals surface area contributed by atoms with Crippen LogP contribution in [0.4, 0.5) is 10.2 Å². The van der Waals surface area contributed by atoms with E-state index in [0.29, 0.717) is 33.8 Å². The van der Waals surface area contributed by atoms with Gasteiger partial charge in [0.1, 0.15) is 21.6 Å². The normalized spacial score (nSPS) is 15.0. The molecular weight excluding hydrogens is 475 g/mol. The number of benzene rings is 1. The van der Waals surface area contributed by atoms with Crippen LogP contribution < -0.4 is 10.9 Å². The lowest BCUT2D eigenvalue weighted by molar-refractivity contribution is -0.122. The van der Waals surface area contributed by atoms with E-state index in [2.05, 4.69) is 10.3 Å². The monoisotopic (exact) mass is 498 g/mol. The maximum absolute atomic E-state index is 13.4. The van der Waals surface area contributed by atoms with Crippen LogP contribution in [0.25, 0.3) is 11.7 Å². The molecule has 1 saturated heterocycles. The number of hydrogen-bond acceptors (Lipinski definition) is 7. The van der Waals surface area contributed by atoms with Crippen LogP contribution in [0.15, 0.2) is 52.3 Å². The molecule has 0 unspecified atom stereocenters. The average Bonchev–Trinajstić information content (AvgIpc) is 3.08. The topological polar surface area (TPSA) is 75.9 Å². The van der Waals surface area contributed by atoms with Gasteiger partial charge in [-0.25, -0.2) is 9.37 Å². The lowest BCUT2D eigenvalue weighted by Crippen LogP contribution is -2.27. The first kappa shape index (κ1) is 24.1. The molecule has 1 N–H and O–H groups in total. The number of halogens is 1. The standard InChI is InChI=1S/C24H23FN4O3S2/c1-15-5-3-11-28-21(15)27-20(26-10-4-12-32-2)18(22(28)30)13-19-23(31)29(24(33)34-19)14-16-6-8-17(25)9-7-16/h3,5-9,11,13,26H,4,10,12,14H2,1-2H3. The van der Waals surface area contributed by atoms with Gasteiger partial charge >= 0.3 is 0 Å². The zero-order valence-electron chi connectivity index (χ0n) is 18.7. The minimum absolute atomic E-state index is 0.221. The number of methoxy groups -OCH3 is 1. The Labute approximate surface area is 205 Å². The summed E-state index contributed by atoms with van der Waals surface area (Å²) in [6, 6.07) is 9.57. The Morgan fingerprint density at radius 1 is 1.24 bits per heavy atom. The molecule has 3 heterocycles. The van der Waals surface area contributed by atoms with Crippen LogP contribution in [-0.2, 0) is 16.1 Å². The van der Waals surface area contributed by atoms with Gasteiger partial charge in [-0.05, 0) is 48.7 Å². The quantitative estimate of drug-likeness (QED) is 0.286. The third-order valence-electron chi connectivity index (χ3n) is 5.30. The number of amides is 1. The van der Waals surface area contributed by atoms with Crippen LogP contribution in [0.2, 0.25) is 0 Å². The number of aromatic nitrogens is 2. The number of carbonyl (C=O) groups is 1. The van der Waals surface area contributed by atoms with Gasteiger partial charge in [-0.15, -0.1) is 0 Å². The first-order chi connectivity index (χ1) is 16.4. The van der Waals surface area contributed by atoms with Crippen molar-refractivity contribution in [3.05, 3.63) is 80.4 Å². The Morgan fingerprint density at radius 3 is 2.74 bits per heavy atom. The molecule has 1 aliphatic heterocycles. The van der Waals surface area contributed by atoms with Crippen LogP contribution in [-0.4, -0.2) is 44.8 Å². The summed E-state index contributed by atoms with van der Waals surface area (Å²) in [7, 11) is 1.63. The highest BCUT2D eigenvalue weighted by molar-refractivity contribution is 8.26. The third-order valence-corrected chi connectivity index (χ3v) is 6.68. The molecule has 34 heavy (non-hydrogen) atoms. The predicted molar refractivity (Wildman–Crippen MR) is 136 cm³/mol. The average molecular weight is 499 g/mol. The number of nitrogens with zero attached hydrogens (tertiary/aromatic N) is 3. The zero-order valence-corrected chi connectivity index (χ0v) is 20.3. The number of fused-ring (bicyclic) bond motifs is 1. The Bertz CT molecular complexity index is 1340. The minimum Gasteiger partial charge on any atom is -0.385 e. The molecule has 0 bridgehead atoms. The second-order valence-corrected chi connectivity index (χ2v) is 9.41. The minimum atomic E-state index is -0.348. The molecule has 10 heteroatoms. The van der Waals surface area contributed by atoms with Crippen molar-refractivity contribution < 1.29 is 13.9 Å². The number of thiocarbonyl (C=S) groups is 1. The van der Waals surface area contributed by atoms with E-state index in [4.69, 9.17) is 17.0 Å². The molecule has 0 atom stereocenters. The highest BCUT2D eigenvalue weighted by Crippen LogP contribution is 2.34. The van der Waals surface area contributed by atoms with E-state index in [1.165, 1.54) is 21.4 Å². The molecule has 3 aromatic rings. The van der Waals surface area contributed by atoms with Gasteiger partial charge in [0.05, 0.1) is 17.0 Å². The molecule has 4 rings (SSSR count). The molecule has 1 fully saturated rings. The second-order valence-electron chi connectivity index (χ2n) is 7.73. The van der Waals surface area contributed by atoms with Gasteiger partial charge in [0.25, 0.3) is 11.5 Å². The third kappa shape index (κ3) is 5.03. The predicted octanol–water partition coefficient (Wildman–Crippen LogP) is 3.99. The number of anilines is 1. The molecule has 0 radical (unpaired) electrons. The number of ether oxygens (including phenoxy) is 1. The summed E-state index contributed by atoms with van der Waals surface area (Å²) >= 11 is 6.55. The number of thioether (sulfide) groups is 1. The van der Waals surface area contributed by atoms with Gasteiger partial charge in [-0.1, -0.05) is 42.2 Å². The van der Waals surface area contributed by atoms with E-state index in [-0.39, 0.29) is 29.4 Å². The molecule has 1 aromatic carbocycles. The molecule has 0 saturated carbocycles. The fourth-order valence-electron chi connectivity index (χ4n) is 3.54. The van der Waals surface area contributed by atoms with Crippen molar-refractivity contribution in [1.82, 2.24) is 14.3 Å². The van der Waals surface area contributed by atoms with Crippen molar-refractivity contribution in [3.8, 4) is 0 Å². The van der Waals surface area contributed by atoms with E-state index in [0.717, 1.165) is 29.3 Å². The molecule has 2 aromatic heterocycles. The van der Waals surface area contributed by atoms with Gasteiger partial charge in [0, 0.05) is 26.5 Å². The highest BCUT2D eigenvalue weighted by atomic mass is 32.2. The first-order valence-corrected chi connectivity index (χ1v) is 11.9. The summed E-state index contributed by atoms with van der Waals surface area (Å²) < 4.78 is 20.2. The smallest absolute Gasteiger partial charge is 0.267 e. The van der Waals surface area contributed by atoms with Crippen LogP contribution in [0.5, 0.6) is 0 Å². The lowest BCUT2D eigenvalue weighted by Gasteiger charge is -2.14. The van der Waals surface area contributed by atoms with E-state index in [1.54, 1.807) is 37.6 Å². The summed E-state index contributed by atoms with van der Waals surface area (Å²) in [5.41, 5.74) is 2.15. The van der Waals surface area contributed by atoms with Gasteiger partial charge in [0.2, 0.25) is 0 Å². The summed E-state index contributed by atoms with van der Waals surface area (Å²) in [6.07, 6.45) is 3.93. The summed E-state index contributed by atoms with van der Waals surface area (Å²) in [6.45, 7) is 3.22. The van der Waals surface area contributed by atoms with Crippen LogP contribution in [0, 0.1) is 12.7 Å². The lowest BCUT2D eigenvalue weighted by atomic mass is 10.2. The molecule has 7 nitrogen and oxygen atoms in total. The highest BCUT2D eigenvalue weighted by Gasteiger charge is 2.32. The maximum atomic E-state index is 13.4. The fraction of sp³-hybridized carbons (Fsp3) is 0.250. The zero-order chi connectivity index (χ0) is 24.2. The van der Waals surface area contributed by atoms with Gasteiger partial charge in [-0.3, -0.25) is 18.9 Å². The Balaban J connectivity index is 1.70. The summed E-state index contributed by atoms with van der Waals surface area (Å²) in [4.78, 5) is 33.0. The first-order valence-electron chi connectivity index (χ1n) is 10.6. The SMILES string of the molecule is COCCCNc1nc2c(C)cccn2c(=O)c1C=C1SC(=S)N(Cc2ccc(F)cc2)C1=O. The van der Waals surface area contributed by atoms with Crippen LogP contribution in [0.3, 0.4) is 0 Å². The molecule has 1 aliphatic rings. The second kappa shape index (κ2) is 10.5. The fourth-order valence-corrected chi connectivity index (χ4v) is 4.78. The van der Waals surface area contributed by atoms with E-state index in [9.17, 15) is 14.0 Å². The Hall–Kier alpha value is -3.08. The number of pyridine rings is 1. The van der Waals surface area contributed by atoms with Crippen molar-refractivity contribution in [3.63, 3.8) is 0 Å². The maximum Gasteiger partial charge on any atom is 0.267 e.